The van der Waals surface area contributed by atoms with Crippen molar-refractivity contribution in [3.63, 3.8) is 0 Å². The van der Waals surface area contributed by atoms with E-state index in [1.165, 1.54) is 5.56 Å². The minimum Gasteiger partial charge on any atom is -0.355 e. The molecule has 0 aliphatic rings. The molecule has 0 saturated carbocycles. The van der Waals surface area contributed by atoms with Gasteiger partial charge in [-0.1, -0.05) is 42.5 Å². The summed E-state index contributed by atoms with van der Waals surface area (Å²) in [6.45, 7) is 6.50. The first-order chi connectivity index (χ1) is 13.4. The molecule has 2 N–H and O–H groups in total. The molecule has 2 aromatic carbocycles. The molecule has 1 aromatic heterocycles. The van der Waals surface area contributed by atoms with Crippen molar-refractivity contribution in [2.75, 3.05) is 12.4 Å². The molecule has 0 unspecified atom stereocenters. The Hall–Kier alpha value is -3.34. The molecular weight excluding hydrogens is 350 g/mol. The molecule has 1 heterocycles. The van der Waals surface area contributed by atoms with Crippen LogP contribution in [0.15, 0.2) is 54.6 Å². The fourth-order valence-electron chi connectivity index (χ4n) is 3.43. The van der Waals surface area contributed by atoms with Crippen LogP contribution in [0.25, 0.3) is 0 Å². The highest BCUT2D eigenvalue weighted by Gasteiger charge is 2.19. The normalized spacial score (nSPS) is 10.6. The van der Waals surface area contributed by atoms with Crippen LogP contribution in [-0.4, -0.2) is 23.4 Å². The van der Waals surface area contributed by atoms with Gasteiger partial charge in [-0.05, 0) is 44.0 Å². The summed E-state index contributed by atoms with van der Waals surface area (Å²) < 4.78 is 2.13. The SMILES string of the molecule is CNC(=O)c1c(C)cccc1NC(=O)c1cc(C)n(Cc2ccccc2)c1C. The standard InChI is InChI=1S/C23H25N3O2/c1-15-9-8-12-20(21(15)23(28)24-4)25-22(27)19-13-16(2)26(17(19)3)14-18-10-6-5-7-11-18/h5-13H,14H2,1-4H3,(H,24,28)(H,25,27). The van der Waals surface area contributed by atoms with Gasteiger partial charge >= 0.3 is 0 Å². The largest absolute Gasteiger partial charge is 0.355 e. The number of amides is 2. The predicted molar refractivity (Wildman–Crippen MR) is 112 cm³/mol. The Morgan fingerprint density at radius 2 is 1.64 bits per heavy atom. The molecule has 5 heteroatoms. The summed E-state index contributed by atoms with van der Waals surface area (Å²) in [6, 6.07) is 17.5. The number of hydrogen-bond acceptors (Lipinski definition) is 2. The highest BCUT2D eigenvalue weighted by atomic mass is 16.2. The highest BCUT2D eigenvalue weighted by Crippen LogP contribution is 2.23. The summed E-state index contributed by atoms with van der Waals surface area (Å²) in [5.41, 5.74) is 5.50. The third-order valence-corrected chi connectivity index (χ3v) is 4.98. The van der Waals surface area contributed by atoms with Crippen molar-refractivity contribution in [1.29, 1.82) is 0 Å². The fraction of sp³-hybridized carbons (Fsp3) is 0.217. The van der Waals surface area contributed by atoms with E-state index in [4.69, 9.17) is 0 Å². The molecule has 5 nitrogen and oxygen atoms in total. The van der Waals surface area contributed by atoms with Crippen LogP contribution in [0.2, 0.25) is 0 Å². The van der Waals surface area contributed by atoms with Gasteiger partial charge in [-0.2, -0.15) is 0 Å². The summed E-state index contributed by atoms with van der Waals surface area (Å²) in [5.74, 6) is -0.439. The summed E-state index contributed by atoms with van der Waals surface area (Å²) >= 11 is 0. The second kappa shape index (κ2) is 8.13. The molecule has 144 valence electrons. The number of hydrogen-bond donors (Lipinski definition) is 2. The van der Waals surface area contributed by atoms with Gasteiger partial charge in [0.25, 0.3) is 11.8 Å². The van der Waals surface area contributed by atoms with E-state index in [2.05, 4.69) is 27.3 Å². The van der Waals surface area contributed by atoms with Crippen LogP contribution in [0.3, 0.4) is 0 Å². The van der Waals surface area contributed by atoms with Crippen molar-refractivity contribution in [2.45, 2.75) is 27.3 Å². The summed E-state index contributed by atoms with van der Waals surface area (Å²) in [7, 11) is 1.58. The van der Waals surface area contributed by atoms with Crippen molar-refractivity contribution in [1.82, 2.24) is 9.88 Å². The summed E-state index contributed by atoms with van der Waals surface area (Å²) in [6.07, 6.45) is 0. The van der Waals surface area contributed by atoms with Gasteiger partial charge in [-0.25, -0.2) is 0 Å². The first-order valence-corrected chi connectivity index (χ1v) is 9.26. The number of nitrogens with one attached hydrogen (secondary N) is 2. The Kier molecular flexibility index (Phi) is 5.64. The van der Waals surface area contributed by atoms with E-state index >= 15 is 0 Å². The number of aryl methyl sites for hydroxylation is 2. The molecule has 3 aromatic rings. The van der Waals surface area contributed by atoms with Crippen molar-refractivity contribution in [3.05, 3.63) is 88.2 Å². The van der Waals surface area contributed by atoms with Crippen molar-refractivity contribution >= 4 is 17.5 Å². The van der Waals surface area contributed by atoms with Crippen LogP contribution >= 0.6 is 0 Å². The second-order valence-corrected chi connectivity index (χ2v) is 6.89. The Morgan fingerprint density at radius 3 is 2.32 bits per heavy atom. The van der Waals surface area contributed by atoms with Gasteiger partial charge < -0.3 is 15.2 Å². The average molecular weight is 375 g/mol. The zero-order chi connectivity index (χ0) is 20.3. The van der Waals surface area contributed by atoms with E-state index < -0.39 is 0 Å². The zero-order valence-electron chi connectivity index (χ0n) is 16.7. The molecule has 0 aliphatic carbocycles. The Balaban J connectivity index is 1.90. The van der Waals surface area contributed by atoms with E-state index in [1.54, 1.807) is 13.1 Å². The van der Waals surface area contributed by atoms with Crippen LogP contribution in [0.5, 0.6) is 0 Å². The van der Waals surface area contributed by atoms with E-state index in [-0.39, 0.29) is 11.8 Å². The van der Waals surface area contributed by atoms with Crippen LogP contribution in [-0.2, 0) is 6.54 Å². The van der Waals surface area contributed by atoms with Gasteiger partial charge in [0, 0.05) is 25.0 Å². The van der Waals surface area contributed by atoms with Gasteiger partial charge in [-0.15, -0.1) is 0 Å². The monoisotopic (exact) mass is 375 g/mol. The average Bonchev–Trinajstić information content (AvgIpc) is 2.97. The van der Waals surface area contributed by atoms with E-state index in [1.807, 2.05) is 57.2 Å². The molecule has 0 saturated heterocycles. The van der Waals surface area contributed by atoms with Gasteiger partial charge in [0.15, 0.2) is 0 Å². The minimum absolute atomic E-state index is 0.219. The smallest absolute Gasteiger partial charge is 0.257 e. The highest BCUT2D eigenvalue weighted by molar-refractivity contribution is 6.10. The maximum absolute atomic E-state index is 13.0. The Labute approximate surface area is 165 Å². The lowest BCUT2D eigenvalue weighted by molar-refractivity contribution is 0.0963. The quantitative estimate of drug-likeness (QED) is 0.706. The van der Waals surface area contributed by atoms with Gasteiger partial charge in [0.1, 0.15) is 0 Å². The molecule has 0 spiro atoms. The number of anilines is 1. The fourth-order valence-corrected chi connectivity index (χ4v) is 3.43. The van der Waals surface area contributed by atoms with Crippen LogP contribution in [0.1, 0.15) is 43.2 Å². The Bertz CT molecular complexity index is 1020. The molecule has 3 rings (SSSR count). The third kappa shape index (κ3) is 3.83. The van der Waals surface area contributed by atoms with Gasteiger partial charge in [0.2, 0.25) is 0 Å². The number of nitrogens with zero attached hydrogens (tertiary/aromatic N) is 1. The molecule has 0 fully saturated rings. The molecule has 0 aliphatic heterocycles. The molecule has 28 heavy (non-hydrogen) atoms. The lowest BCUT2D eigenvalue weighted by Gasteiger charge is -2.13. The predicted octanol–water partition coefficient (Wildman–Crippen LogP) is 4.07. The lowest BCUT2D eigenvalue weighted by Crippen LogP contribution is -2.22. The lowest BCUT2D eigenvalue weighted by atomic mass is 10.1. The third-order valence-electron chi connectivity index (χ3n) is 4.98. The topological polar surface area (TPSA) is 63.1 Å². The van der Waals surface area contributed by atoms with Crippen molar-refractivity contribution in [2.24, 2.45) is 0 Å². The first kappa shape index (κ1) is 19.4. The molecule has 0 radical (unpaired) electrons. The van der Waals surface area contributed by atoms with Gasteiger partial charge in [0.05, 0.1) is 16.8 Å². The van der Waals surface area contributed by atoms with Crippen LogP contribution in [0, 0.1) is 20.8 Å². The Morgan fingerprint density at radius 1 is 0.929 bits per heavy atom. The van der Waals surface area contributed by atoms with Crippen LogP contribution in [0.4, 0.5) is 5.69 Å². The van der Waals surface area contributed by atoms with Crippen molar-refractivity contribution < 1.29 is 9.59 Å². The van der Waals surface area contributed by atoms with E-state index in [9.17, 15) is 9.59 Å². The number of carbonyl (C=O) groups excluding carboxylic acids is 2. The number of carbonyl (C=O) groups is 2. The first-order valence-electron chi connectivity index (χ1n) is 9.26. The molecule has 2 amide bonds. The summed E-state index contributed by atoms with van der Waals surface area (Å²) in [5, 5.41) is 5.55. The minimum atomic E-state index is -0.219. The maximum atomic E-state index is 13.0. The second-order valence-electron chi connectivity index (χ2n) is 6.89. The molecule has 0 atom stereocenters. The number of aromatic nitrogens is 1. The van der Waals surface area contributed by atoms with E-state index in [0.29, 0.717) is 23.4 Å². The number of benzene rings is 2. The number of rotatable bonds is 5. The summed E-state index contributed by atoms with van der Waals surface area (Å²) in [4.78, 5) is 25.2. The molecular formula is C23H25N3O2. The van der Waals surface area contributed by atoms with Gasteiger partial charge in [-0.3, -0.25) is 9.59 Å². The van der Waals surface area contributed by atoms with E-state index in [0.717, 1.165) is 17.0 Å². The zero-order valence-corrected chi connectivity index (χ0v) is 16.7. The maximum Gasteiger partial charge on any atom is 0.257 e. The molecule has 0 bridgehead atoms. The van der Waals surface area contributed by atoms with Crippen LogP contribution < -0.4 is 10.6 Å². The van der Waals surface area contributed by atoms with Crippen molar-refractivity contribution in [3.8, 4) is 0 Å².